The zero-order valence-corrected chi connectivity index (χ0v) is 16.6. The van der Waals surface area contributed by atoms with Crippen molar-refractivity contribution in [3.05, 3.63) is 65.9 Å². The number of H-pyrrole nitrogens is 1. The van der Waals surface area contributed by atoms with Gasteiger partial charge in [-0.1, -0.05) is 54.6 Å². The third-order valence-electron chi connectivity index (χ3n) is 5.10. The standard InChI is InChI=1S/C23H24N4O2/c1-15(2)24-22(28)23(29)27-13-12-20-19(14-27)21(26-25-20)18-10-8-17(9-11-18)16-6-4-3-5-7-16/h3-11,15H,12-14H2,1-2H3,(H,24,28)(H,25,26). The van der Waals surface area contributed by atoms with Gasteiger partial charge in [-0.05, 0) is 25.0 Å². The van der Waals surface area contributed by atoms with Crippen molar-refractivity contribution in [2.24, 2.45) is 0 Å². The highest BCUT2D eigenvalue weighted by molar-refractivity contribution is 6.35. The lowest BCUT2D eigenvalue weighted by Crippen LogP contribution is -2.46. The number of carbonyl (C=O) groups excluding carboxylic acids is 2. The second-order valence-electron chi connectivity index (χ2n) is 7.58. The molecule has 6 heteroatoms. The van der Waals surface area contributed by atoms with Gasteiger partial charge in [-0.15, -0.1) is 0 Å². The molecule has 6 nitrogen and oxygen atoms in total. The number of carbonyl (C=O) groups is 2. The maximum atomic E-state index is 12.5. The van der Waals surface area contributed by atoms with Crippen molar-refractivity contribution in [3.63, 3.8) is 0 Å². The number of amides is 2. The number of hydrogen-bond acceptors (Lipinski definition) is 3. The van der Waals surface area contributed by atoms with Gasteiger partial charge in [-0.3, -0.25) is 14.7 Å². The summed E-state index contributed by atoms with van der Waals surface area (Å²) < 4.78 is 0. The highest BCUT2D eigenvalue weighted by atomic mass is 16.2. The maximum absolute atomic E-state index is 12.5. The van der Waals surface area contributed by atoms with E-state index in [0.29, 0.717) is 19.5 Å². The number of aromatic amines is 1. The fourth-order valence-corrected chi connectivity index (χ4v) is 3.63. The molecule has 0 unspecified atom stereocenters. The largest absolute Gasteiger partial charge is 0.346 e. The van der Waals surface area contributed by atoms with Gasteiger partial charge in [0, 0.05) is 35.8 Å². The van der Waals surface area contributed by atoms with Crippen LogP contribution in [0.3, 0.4) is 0 Å². The van der Waals surface area contributed by atoms with Gasteiger partial charge < -0.3 is 10.2 Å². The molecule has 0 atom stereocenters. The zero-order valence-electron chi connectivity index (χ0n) is 16.6. The summed E-state index contributed by atoms with van der Waals surface area (Å²) in [6.07, 6.45) is 0.658. The molecule has 0 saturated heterocycles. The van der Waals surface area contributed by atoms with Gasteiger partial charge in [-0.2, -0.15) is 5.10 Å². The summed E-state index contributed by atoms with van der Waals surface area (Å²) >= 11 is 0. The van der Waals surface area contributed by atoms with Gasteiger partial charge >= 0.3 is 11.8 Å². The molecule has 0 spiro atoms. The van der Waals surface area contributed by atoms with E-state index in [1.807, 2.05) is 44.2 Å². The van der Waals surface area contributed by atoms with Crippen LogP contribution in [0.1, 0.15) is 25.1 Å². The highest BCUT2D eigenvalue weighted by Gasteiger charge is 2.29. The Morgan fingerprint density at radius 2 is 1.66 bits per heavy atom. The van der Waals surface area contributed by atoms with E-state index in [4.69, 9.17) is 0 Å². The number of nitrogens with one attached hydrogen (secondary N) is 2. The lowest BCUT2D eigenvalue weighted by molar-refractivity contribution is -0.146. The first-order valence-electron chi connectivity index (χ1n) is 9.84. The molecule has 2 N–H and O–H groups in total. The van der Waals surface area contributed by atoms with Crippen LogP contribution in [0.2, 0.25) is 0 Å². The van der Waals surface area contributed by atoms with Crippen LogP contribution < -0.4 is 5.32 Å². The van der Waals surface area contributed by atoms with Crippen LogP contribution in [0.4, 0.5) is 0 Å². The average Bonchev–Trinajstić information content (AvgIpc) is 3.16. The Hall–Kier alpha value is -3.41. The second-order valence-corrected chi connectivity index (χ2v) is 7.58. The maximum Gasteiger partial charge on any atom is 0.312 e. The molecule has 0 radical (unpaired) electrons. The quantitative estimate of drug-likeness (QED) is 0.677. The molecule has 4 rings (SSSR count). The van der Waals surface area contributed by atoms with Crippen molar-refractivity contribution in [2.45, 2.75) is 32.9 Å². The summed E-state index contributed by atoms with van der Waals surface area (Å²) in [5.41, 5.74) is 6.14. The van der Waals surface area contributed by atoms with Crippen molar-refractivity contribution >= 4 is 11.8 Å². The molecule has 1 aliphatic heterocycles. The summed E-state index contributed by atoms with van der Waals surface area (Å²) in [5, 5.41) is 10.3. The van der Waals surface area contributed by atoms with Crippen LogP contribution in [-0.4, -0.2) is 39.5 Å². The normalized spacial score (nSPS) is 13.3. The Morgan fingerprint density at radius 3 is 2.34 bits per heavy atom. The molecule has 0 aliphatic carbocycles. The smallest absolute Gasteiger partial charge is 0.312 e. The molecule has 1 aromatic heterocycles. The third kappa shape index (κ3) is 3.92. The van der Waals surface area contributed by atoms with Crippen molar-refractivity contribution in [1.29, 1.82) is 0 Å². The number of nitrogens with zero attached hydrogens (tertiary/aromatic N) is 2. The lowest BCUT2D eigenvalue weighted by atomic mass is 9.98. The summed E-state index contributed by atoms with van der Waals surface area (Å²) in [6.45, 7) is 4.57. The van der Waals surface area contributed by atoms with Gasteiger partial charge in [-0.25, -0.2) is 0 Å². The molecule has 2 amide bonds. The van der Waals surface area contributed by atoms with Gasteiger partial charge in [0.1, 0.15) is 0 Å². The Morgan fingerprint density at radius 1 is 1.00 bits per heavy atom. The highest BCUT2D eigenvalue weighted by Crippen LogP contribution is 2.30. The summed E-state index contributed by atoms with van der Waals surface area (Å²) in [5.74, 6) is -1.04. The van der Waals surface area contributed by atoms with Crippen molar-refractivity contribution in [3.8, 4) is 22.4 Å². The molecule has 0 bridgehead atoms. The zero-order chi connectivity index (χ0) is 20.4. The van der Waals surface area contributed by atoms with Crippen LogP contribution in [0, 0.1) is 0 Å². The number of rotatable bonds is 3. The molecule has 148 valence electrons. The Bertz CT molecular complexity index is 1020. The van der Waals surface area contributed by atoms with E-state index in [0.717, 1.165) is 33.6 Å². The Kier molecular flexibility index (Phi) is 5.16. The van der Waals surface area contributed by atoms with Crippen molar-refractivity contribution in [2.75, 3.05) is 6.54 Å². The van der Waals surface area contributed by atoms with E-state index in [-0.39, 0.29) is 6.04 Å². The number of fused-ring (bicyclic) bond motifs is 1. The average molecular weight is 388 g/mol. The van der Waals surface area contributed by atoms with Gasteiger partial charge in [0.05, 0.1) is 12.2 Å². The minimum absolute atomic E-state index is 0.0700. The molecule has 0 fully saturated rings. The number of aromatic nitrogens is 2. The SMILES string of the molecule is CC(C)NC(=O)C(=O)N1CCc2[nH]nc(-c3ccc(-c4ccccc4)cc3)c2C1. The summed E-state index contributed by atoms with van der Waals surface area (Å²) in [6, 6.07) is 18.4. The molecule has 2 heterocycles. The van der Waals surface area contributed by atoms with Gasteiger partial charge in [0.25, 0.3) is 0 Å². The molecule has 29 heavy (non-hydrogen) atoms. The molecule has 2 aromatic carbocycles. The molecule has 3 aromatic rings. The number of hydrogen-bond donors (Lipinski definition) is 2. The van der Waals surface area contributed by atoms with Crippen molar-refractivity contribution < 1.29 is 9.59 Å². The first kappa shape index (κ1) is 18.9. The van der Waals surface area contributed by atoms with E-state index in [1.165, 1.54) is 0 Å². The minimum atomic E-state index is -0.555. The predicted molar refractivity (Wildman–Crippen MR) is 112 cm³/mol. The molecule has 1 aliphatic rings. The first-order chi connectivity index (χ1) is 14.0. The van der Waals surface area contributed by atoms with Crippen LogP contribution in [0.5, 0.6) is 0 Å². The van der Waals surface area contributed by atoms with E-state index < -0.39 is 11.8 Å². The third-order valence-corrected chi connectivity index (χ3v) is 5.10. The monoisotopic (exact) mass is 388 g/mol. The predicted octanol–water partition coefficient (Wildman–Crippen LogP) is 3.15. The van der Waals surface area contributed by atoms with Crippen LogP contribution >= 0.6 is 0 Å². The van der Waals surface area contributed by atoms with Gasteiger partial charge in [0.15, 0.2) is 0 Å². The molecule has 0 saturated carbocycles. The fraction of sp³-hybridized carbons (Fsp3) is 0.261. The topological polar surface area (TPSA) is 78.1 Å². The van der Waals surface area contributed by atoms with Gasteiger partial charge in [0.2, 0.25) is 0 Å². The Labute approximate surface area is 169 Å². The first-order valence-corrected chi connectivity index (χ1v) is 9.84. The summed E-state index contributed by atoms with van der Waals surface area (Å²) in [7, 11) is 0. The molecular formula is C23H24N4O2. The van der Waals surface area contributed by atoms with E-state index in [9.17, 15) is 9.59 Å². The van der Waals surface area contributed by atoms with Crippen LogP contribution in [0.15, 0.2) is 54.6 Å². The van der Waals surface area contributed by atoms with E-state index >= 15 is 0 Å². The van der Waals surface area contributed by atoms with Crippen molar-refractivity contribution in [1.82, 2.24) is 20.4 Å². The number of benzene rings is 2. The summed E-state index contributed by atoms with van der Waals surface area (Å²) in [4.78, 5) is 26.2. The van der Waals surface area contributed by atoms with E-state index in [1.54, 1.807) is 4.90 Å². The lowest BCUT2D eigenvalue weighted by Gasteiger charge is -2.27. The Balaban J connectivity index is 1.56. The minimum Gasteiger partial charge on any atom is -0.346 e. The second kappa shape index (κ2) is 7.91. The fourth-order valence-electron chi connectivity index (χ4n) is 3.63. The van der Waals surface area contributed by atoms with Crippen LogP contribution in [-0.2, 0) is 22.6 Å². The van der Waals surface area contributed by atoms with Crippen LogP contribution in [0.25, 0.3) is 22.4 Å². The van der Waals surface area contributed by atoms with E-state index in [2.05, 4.69) is 39.8 Å². The molecular weight excluding hydrogens is 364 g/mol.